The molecule has 0 radical (unpaired) electrons. The molecule has 6 nitrogen and oxygen atoms in total. The van der Waals surface area contributed by atoms with Crippen molar-refractivity contribution in [2.45, 2.75) is 31.2 Å². The number of hydrogen-bond donors (Lipinski definition) is 2. The number of benzene rings is 2. The molecule has 8 heteroatoms. The van der Waals surface area contributed by atoms with Crippen LogP contribution in [0.1, 0.15) is 18.9 Å². The number of aliphatic hydroxyl groups excluding tert-OH is 1. The second-order valence-electron chi connectivity index (χ2n) is 6.27. The third-order valence-corrected chi connectivity index (χ3v) is 6.37. The lowest BCUT2D eigenvalue weighted by molar-refractivity contribution is 0.254. The van der Waals surface area contributed by atoms with E-state index in [0.717, 1.165) is 10.8 Å². The van der Waals surface area contributed by atoms with E-state index in [0.29, 0.717) is 28.4 Å². The summed E-state index contributed by atoms with van der Waals surface area (Å²) < 4.78 is 28.1. The van der Waals surface area contributed by atoms with Gasteiger partial charge in [0.25, 0.3) is 0 Å². The Labute approximate surface area is 163 Å². The first kappa shape index (κ1) is 19.7. The summed E-state index contributed by atoms with van der Waals surface area (Å²) in [4.78, 5) is 0.146. The topological polar surface area (TPSA) is 92.2 Å². The molecule has 0 aliphatic carbocycles. The number of rotatable bonds is 6. The fourth-order valence-corrected chi connectivity index (χ4v) is 4.64. The Morgan fingerprint density at radius 1 is 1.15 bits per heavy atom. The molecular formula is C19H20ClN3O3S. The predicted molar refractivity (Wildman–Crippen MR) is 106 cm³/mol. The number of sulfonamides is 1. The molecule has 3 rings (SSSR count). The monoisotopic (exact) mass is 405 g/mol. The van der Waals surface area contributed by atoms with Gasteiger partial charge in [-0.3, -0.25) is 0 Å². The van der Waals surface area contributed by atoms with Crippen molar-refractivity contribution in [3.05, 3.63) is 53.2 Å². The van der Waals surface area contributed by atoms with E-state index in [4.69, 9.17) is 11.6 Å². The molecule has 1 aromatic heterocycles. The van der Waals surface area contributed by atoms with Crippen molar-refractivity contribution in [2.24, 2.45) is 0 Å². The predicted octanol–water partition coefficient (Wildman–Crippen LogP) is 3.31. The molecule has 0 fully saturated rings. The lowest BCUT2D eigenvalue weighted by atomic mass is 10.0. The molecule has 0 bridgehead atoms. The Morgan fingerprint density at radius 3 is 2.52 bits per heavy atom. The second kappa shape index (κ2) is 7.90. The van der Waals surface area contributed by atoms with E-state index >= 15 is 0 Å². The summed E-state index contributed by atoms with van der Waals surface area (Å²) in [6, 6.07) is 12.0. The molecule has 2 aromatic carbocycles. The molecule has 0 aliphatic heterocycles. The molecule has 0 unspecified atom stereocenters. The zero-order valence-electron chi connectivity index (χ0n) is 15.0. The van der Waals surface area contributed by atoms with Crippen LogP contribution in [0.4, 0.5) is 0 Å². The number of aromatic nitrogens is 2. The zero-order chi connectivity index (χ0) is 19.6. The molecule has 1 heterocycles. The van der Waals surface area contributed by atoms with Gasteiger partial charge < -0.3 is 5.11 Å². The van der Waals surface area contributed by atoms with Crippen molar-refractivity contribution >= 4 is 32.4 Å². The second-order valence-corrected chi connectivity index (χ2v) is 8.31. The maximum atomic E-state index is 12.8. The molecule has 0 amide bonds. The molecule has 1 atom stereocenters. The van der Waals surface area contributed by atoms with Gasteiger partial charge in [0.2, 0.25) is 10.0 Å². The van der Waals surface area contributed by atoms with Gasteiger partial charge in [-0.15, -0.1) is 10.2 Å². The third-order valence-electron chi connectivity index (χ3n) is 4.43. The highest BCUT2D eigenvalue weighted by atomic mass is 35.5. The maximum absolute atomic E-state index is 12.8. The Kier molecular flexibility index (Phi) is 5.76. The summed E-state index contributed by atoms with van der Waals surface area (Å²) in [5, 5.41) is 19.3. The van der Waals surface area contributed by atoms with Gasteiger partial charge in [0.1, 0.15) is 5.69 Å². The van der Waals surface area contributed by atoms with Crippen LogP contribution in [0.5, 0.6) is 0 Å². The first-order valence-corrected chi connectivity index (χ1v) is 10.4. The van der Waals surface area contributed by atoms with Crippen LogP contribution in [0.2, 0.25) is 5.15 Å². The molecule has 142 valence electrons. The highest BCUT2D eigenvalue weighted by Crippen LogP contribution is 2.31. The normalized spacial score (nSPS) is 13.0. The fraction of sp³-hybridized carbons (Fsp3) is 0.263. The molecule has 0 saturated carbocycles. The SMILES string of the molecule is CC[C@@H](CO)NS(=O)(=O)c1cc(-c2nnc(Cl)c3ccccc23)ccc1C. The van der Waals surface area contributed by atoms with Gasteiger partial charge in [0.15, 0.2) is 5.15 Å². The molecule has 0 aliphatic rings. The largest absolute Gasteiger partial charge is 0.395 e. The Balaban J connectivity index is 2.14. The highest BCUT2D eigenvalue weighted by Gasteiger charge is 2.22. The minimum atomic E-state index is -3.79. The van der Waals surface area contributed by atoms with E-state index < -0.39 is 16.1 Å². The summed E-state index contributed by atoms with van der Waals surface area (Å²) >= 11 is 6.13. The minimum absolute atomic E-state index is 0.146. The minimum Gasteiger partial charge on any atom is -0.395 e. The summed E-state index contributed by atoms with van der Waals surface area (Å²) in [5.41, 5.74) is 1.78. The molecule has 0 saturated heterocycles. The number of fused-ring (bicyclic) bond motifs is 1. The van der Waals surface area contributed by atoms with Crippen molar-refractivity contribution in [3.63, 3.8) is 0 Å². The zero-order valence-corrected chi connectivity index (χ0v) is 16.5. The smallest absolute Gasteiger partial charge is 0.241 e. The first-order chi connectivity index (χ1) is 12.9. The van der Waals surface area contributed by atoms with E-state index in [2.05, 4.69) is 14.9 Å². The highest BCUT2D eigenvalue weighted by molar-refractivity contribution is 7.89. The van der Waals surface area contributed by atoms with E-state index in [1.54, 1.807) is 19.1 Å². The number of halogens is 1. The van der Waals surface area contributed by atoms with Crippen molar-refractivity contribution in [3.8, 4) is 11.3 Å². The van der Waals surface area contributed by atoms with Gasteiger partial charge in [-0.1, -0.05) is 54.9 Å². The number of hydrogen-bond acceptors (Lipinski definition) is 5. The Hall–Kier alpha value is -2.06. The number of aryl methyl sites for hydroxylation is 1. The number of nitrogens with zero attached hydrogens (tertiary/aromatic N) is 2. The summed E-state index contributed by atoms with van der Waals surface area (Å²) in [6.45, 7) is 3.27. The quantitative estimate of drug-likeness (QED) is 0.656. The summed E-state index contributed by atoms with van der Waals surface area (Å²) in [5.74, 6) is 0. The van der Waals surface area contributed by atoms with Crippen molar-refractivity contribution < 1.29 is 13.5 Å². The van der Waals surface area contributed by atoms with Crippen molar-refractivity contribution in [1.29, 1.82) is 0 Å². The van der Waals surface area contributed by atoms with Gasteiger partial charge in [-0.05, 0) is 25.0 Å². The average molecular weight is 406 g/mol. The standard InChI is InChI=1S/C19H20ClN3O3S/c1-3-14(11-24)23-27(25,26)17-10-13(9-8-12(17)2)18-15-6-4-5-7-16(15)19(20)22-21-18/h4-10,14,23-24H,3,11H2,1-2H3/t14-/m0/s1. The maximum Gasteiger partial charge on any atom is 0.241 e. The molecule has 0 spiro atoms. The van der Waals surface area contributed by atoms with Gasteiger partial charge in [-0.2, -0.15) is 0 Å². The van der Waals surface area contributed by atoms with Crippen LogP contribution < -0.4 is 4.72 Å². The van der Waals surface area contributed by atoms with Crippen LogP contribution in [-0.4, -0.2) is 36.4 Å². The van der Waals surface area contributed by atoms with Crippen LogP contribution in [0, 0.1) is 6.92 Å². The Bertz CT molecular complexity index is 1080. The lowest BCUT2D eigenvalue weighted by Gasteiger charge is -2.16. The van der Waals surface area contributed by atoms with Crippen LogP contribution in [0.3, 0.4) is 0 Å². The summed E-state index contributed by atoms with van der Waals surface area (Å²) in [7, 11) is -3.79. The lowest BCUT2D eigenvalue weighted by Crippen LogP contribution is -2.37. The Morgan fingerprint density at radius 2 is 1.85 bits per heavy atom. The third kappa shape index (κ3) is 3.96. The van der Waals surface area contributed by atoms with Gasteiger partial charge in [0.05, 0.1) is 11.5 Å². The van der Waals surface area contributed by atoms with Crippen LogP contribution >= 0.6 is 11.6 Å². The van der Waals surface area contributed by atoms with E-state index in [1.807, 2.05) is 37.3 Å². The molecule has 3 aromatic rings. The first-order valence-electron chi connectivity index (χ1n) is 8.52. The van der Waals surface area contributed by atoms with Crippen LogP contribution in [0.15, 0.2) is 47.4 Å². The van der Waals surface area contributed by atoms with Crippen molar-refractivity contribution in [1.82, 2.24) is 14.9 Å². The molecule has 2 N–H and O–H groups in total. The number of aliphatic hydroxyl groups is 1. The fourth-order valence-electron chi connectivity index (χ4n) is 2.85. The van der Waals surface area contributed by atoms with Crippen molar-refractivity contribution in [2.75, 3.05) is 6.61 Å². The van der Waals surface area contributed by atoms with Gasteiger partial charge in [0, 0.05) is 22.4 Å². The van der Waals surface area contributed by atoms with Crippen LogP contribution in [-0.2, 0) is 10.0 Å². The molecular weight excluding hydrogens is 386 g/mol. The summed E-state index contributed by atoms with van der Waals surface area (Å²) in [6.07, 6.45) is 0.488. The van der Waals surface area contributed by atoms with E-state index in [9.17, 15) is 13.5 Å². The molecule has 27 heavy (non-hydrogen) atoms. The average Bonchev–Trinajstić information content (AvgIpc) is 2.67. The van der Waals surface area contributed by atoms with Gasteiger partial charge >= 0.3 is 0 Å². The van der Waals surface area contributed by atoms with E-state index in [-0.39, 0.29) is 11.5 Å². The van der Waals surface area contributed by atoms with Gasteiger partial charge in [-0.25, -0.2) is 13.1 Å². The van der Waals surface area contributed by atoms with Crippen LogP contribution in [0.25, 0.3) is 22.0 Å². The van der Waals surface area contributed by atoms with E-state index in [1.165, 1.54) is 0 Å². The number of nitrogens with one attached hydrogen (secondary N) is 1.